The highest BCUT2D eigenvalue weighted by atomic mass is 79.9. The van der Waals surface area contributed by atoms with Gasteiger partial charge in [-0.2, -0.15) is 10.1 Å². The zero-order chi connectivity index (χ0) is 14.9. The predicted octanol–water partition coefficient (Wildman–Crippen LogP) is 1.78. The van der Waals surface area contributed by atoms with Crippen LogP contribution in [0.1, 0.15) is 17.1 Å². The molecule has 1 N–H and O–H groups in total. The fraction of sp³-hybridized carbons (Fsp3) is 0.462. The molecule has 20 heavy (non-hydrogen) atoms. The normalized spacial score (nSPS) is 10.9. The smallest absolute Gasteiger partial charge is 0.253 e. The lowest BCUT2D eigenvalue weighted by molar-refractivity contribution is 0.303. The number of aromatic nitrogens is 4. The van der Waals surface area contributed by atoms with Gasteiger partial charge in [-0.3, -0.25) is 0 Å². The third-order valence-corrected chi connectivity index (χ3v) is 3.91. The summed E-state index contributed by atoms with van der Waals surface area (Å²) >= 11 is 3.50. The van der Waals surface area contributed by atoms with E-state index in [1.807, 2.05) is 38.8 Å². The van der Waals surface area contributed by atoms with E-state index in [-0.39, 0.29) is 6.61 Å². The summed E-state index contributed by atoms with van der Waals surface area (Å²) in [6.07, 6.45) is 0. The van der Waals surface area contributed by atoms with Crippen molar-refractivity contribution in [2.75, 3.05) is 25.1 Å². The second-order valence-electron chi connectivity index (χ2n) is 4.73. The van der Waals surface area contributed by atoms with Gasteiger partial charge >= 0.3 is 0 Å². The van der Waals surface area contributed by atoms with Crippen molar-refractivity contribution in [3.8, 4) is 5.95 Å². The number of aliphatic hydroxyl groups excluding tert-OH is 1. The first-order valence-corrected chi connectivity index (χ1v) is 7.13. The van der Waals surface area contributed by atoms with Crippen molar-refractivity contribution in [2.24, 2.45) is 0 Å². The second-order valence-corrected chi connectivity index (χ2v) is 5.52. The van der Waals surface area contributed by atoms with Crippen LogP contribution in [0, 0.1) is 20.8 Å². The van der Waals surface area contributed by atoms with Gasteiger partial charge in [0.15, 0.2) is 0 Å². The topological polar surface area (TPSA) is 67.1 Å². The summed E-state index contributed by atoms with van der Waals surface area (Å²) in [7, 11) is 1.88. The Morgan fingerprint density at radius 3 is 2.55 bits per heavy atom. The number of hydrogen-bond acceptors (Lipinski definition) is 5. The molecule has 6 nitrogen and oxygen atoms in total. The molecule has 0 amide bonds. The van der Waals surface area contributed by atoms with Gasteiger partial charge in [0.25, 0.3) is 5.95 Å². The van der Waals surface area contributed by atoms with E-state index in [2.05, 4.69) is 31.0 Å². The highest BCUT2D eigenvalue weighted by Gasteiger charge is 2.15. The summed E-state index contributed by atoms with van der Waals surface area (Å²) < 4.78 is 2.56. The highest BCUT2D eigenvalue weighted by Crippen LogP contribution is 2.26. The fourth-order valence-corrected chi connectivity index (χ4v) is 2.44. The molecule has 2 rings (SSSR count). The monoisotopic (exact) mass is 339 g/mol. The summed E-state index contributed by atoms with van der Waals surface area (Å²) in [5, 5.41) is 13.5. The fourth-order valence-electron chi connectivity index (χ4n) is 1.96. The van der Waals surface area contributed by atoms with Gasteiger partial charge in [-0.05, 0) is 42.8 Å². The number of halogens is 1. The molecule has 0 atom stereocenters. The average molecular weight is 340 g/mol. The largest absolute Gasteiger partial charge is 0.395 e. The van der Waals surface area contributed by atoms with Crippen molar-refractivity contribution in [2.45, 2.75) is 20.8 Å². The van der Waals surface area contributed by atoms with Crippen LogP contribution in [0.15, 0.2) is 10.5 Å². The molecule has 0 aliphatic heterocycles. The van der Waals surface area contributed by atoms with E-state index in [0.717, 1.165) is 27.4 Å². The van der Waals surface area contributed by atoms with Gasteiger partial charge < -0.3 is 10.0 Å². The number of rotatable bonds is 4. The second kappa shape index (κ2) is 5.88. The third kappa shape index (κ3) is 2.83. The number of aliphatic hydroxyl groups is 1. The van der Waals surface area contributed by atoms with Crippen LogP contribution in [0.4, 0.5) is 5.82 Å². The minimum atomic E-state index is 0.0707. The molecule has 0 saturated heterocycles. The maximum Gasteiger partial charge on any atom is 0.253 e. The Balaban J connectivity index is 2.53. The quantitative estimate of drug-likeness (QED) is 0.919. The Bertz CT molecular complexity index is 625. The van der Waals surface area contributed by atoms with Gasteiger partial charge in [-0.25, -0.2) is 9.67 Å². The van der Waals surface area contributed by atoms with E-state index in [4.69, 9.17) is 5.11 Å². The Morgan fingerprint density at radius 2 is 2.00 bits per heavy atom. The molecule has 2 aromatic heterocycles. The highest BCUT2D eigenvalue weighted by molar-refractivity contribution is 9.10. The van der Waals surface area contributed by atoms with Crippen molar-refractivity contribution in [1.82, 2.24) is 19.7 Å². The summed E-state index contributed by atoms with van der Waals surface area (Å²) in [5.74, 6) is 1.28. The van der Waals surface area contributed by atoms with Crippen LogP contribution in [-0.4, -0.2) is 45.1 Å². The van der Waals surface area contributed by atoms with E-state index < -0.39 is 0 Å². The first-order valence-electron chi connectivity index (χ1n) is 6.33. The summed E-state index contributed by atoms with van der Waals surface area (Å²) in [4.78, 5) is 10.9. The first kappa shape index (κ1) is 14.9. The van der Waals surface area contributed by atoms with E-state index in [0.29, 0.717) is 12.5 Å². The molecule has 0 saturated carbocycles. The summed E-state index contributed by atoms with van der Waals surface area (Å²) in [5.41, 5.74) is 2.75. The molecule has 0 spiro atoms. The minimum absolute atomic E-state index is 0.0707. The Labute approximate surface area is 126 Å². The van der Waals surface area contributed by atoms with Crippen molar-refractivity contribution in [1.29, 1.82) is 0 Å². The van der Waals surface area contributed by atoms with Crippen LogP contribution in [0.3, 0.4) is 0 Å². The first-order chi connectivity index (χ1) is 9.43. The molecule has 0 aliphatic rings. The van der Waals surface area contributed by atoms with Crippen LogP contribution in [0.5, 0.6) is 0 Å². The minimum Gasteiger partial charge on any atom is -0.395 e. The lowest BCUT2D eigenvalue weighted by Crippen LogP contribution is -2.24. The maximum absolute atomic E-state index is 9.07. The Kier molecular flexibility index (Phi) is 4.39. The number of aryl methyl sites for hydroxylation is 3. The van der Waals surface area contributed by atoms with E-state index in [1.165, 1.54) is 0 Å². The molecule has 0 unspecified atom stereocenters. The van der Waals surface area contributed by atoms with Crippen LogP contribution in [0.2, 0.25) is 0 Å². The summed E-state index contributed by atoms with van der Waals surface area (Å²) in [6, 6.07) is 1.98. The van der Waals surface area contributed by atoms with Gasteiger partial charge in [-0.1, -0.05) is 0 Å². The van der Waals surface area contributed by atoms with Gasteiger partial charge in [-0.15, -0.1) is 0 Å². The van der Waals surface area contributed by atoms with Crippen molar-refractivity contribution in [3.05, 3.63) is 27.6 Å². The predicted molar refractivity (Wildman–Crippen MR) is 81.4 cm³/mol. The van der Waals surface area contributed by atoms with Crippen LogP contribution < -0.4 is 4.90 Å². The van der Waals surface area contributed by atoms with Crippen molar-refractivity contribution in [3.63, 3.8) is 0 Å². The van der Waals surface area contributed by atoms with Gasteiger partial charge in [0.1, 0.15) is 5.82 Å². The summed E-state index contributed by atoms with van der Waals surface area (Å²) in [6.45, 7) is 6.40. The third-order valence-electron chi connectivity index (χ3n) is 2.98. The zero-order valence-corrected chi connectivity index (χ0v) is 13.6. The van der Waals surface area contributed by atoms with Crippen LogP contribution in [0.25, 0.3) is 5.95 Å². The number of anilines is 1. The van der Waals surface area contributed by atoms with E-state index >= 15 is 0 Å². The zero-order valence-electron chi connectivity index (χ0n) is 12.1. The van der Waals surface area contributed by atoms with Gasteiger partial charge in [0.2, 0.25) is 0 Å². The van der Waals surface area contributed by atoms with Gasteiger partial charge in [0.05, 0.1) is 22.5 Å². The molecule has 0 bridgehead atoms. The molecule has 7 heteroatoms. The lowest BCUT2D eigenvalue weighted by Gasteiger charge is -2.19. The molecule has 108 valence electrons. The lowest BCUT2D eigenvalue weighted by atomic mass is 10.4. The Hall–Kier alpha value is -1.47. The van der Waals surface area contributed by atoms with Crippen LogP contribution in [-0.2, 0) is 0 Å². The van der Waals surface area contributed by atoms with Crippen molar-refractivity contribution >= 4 is 21.7 Å². The molecule has 0 aliphatic carbocycles. The average Bonchev–Trinajstić information content (AvgIpc) is 2.72. The van der Waals surface area contributed by atoms with Gasteiger partial charge in [0, 0.05) is 19.3 Å². The number of likely N-dealkylation sites (N-methyl/N-ethyl adjacent to an activating group) is 1. The molecule has 0 fully saturated rings. The SMILES string of the molecule is Cc1cc(C)n(-c2nc(C)c(Br)c(N(C)CCO)n2)n1. The van der Waals surface area contributed by atoms with Crippen molar-refractivity contribution < 1.29 is 5.11 Å². The number of hydrogen-bond donors (Lipinski definition) is 1. The molecular formula is C13H18BrN5O. The van der Waals surface area contributed by atoms with Crippen LogP contribution >= 0.6 is 15.9 Å². The molecule has 0 radical (unpaired) electrons. The van der Waals surface area contributed by atoms with E-state index in [1.54, 1.807) is 4.68 Å². The molecule has 2 aromatic rings. The molecular weight excluding hydrogens is 322 g/mol. The Morgan fingerprint density at radius 1 is 1.30 bits per heavy atom. The maximum atomic E-state index is 9.07. The number of nitrogens with zero attached hydrogens (tertiary/aromatic N) is 5. The van der Waals surface area contributed by atoms with E-state index in [9.17, 15) is 0 Å². The molecule has 0 aromatic carbocycles. The molecule has 2 heterocycles. The standard InChI is InChI=1S/C13H18BrN5O/c1-8-7-9(2)19(17-8)13-15-10(3)11(14)12(16-13)18(4)5-6-20/h7,20H,5-6H2,1-4H3.